The first-order chi connectivity index (χ1) is 11.4. The van der Waals surface area contributed by atoms with E-state index in [1.807, 2.05) is 0 Å². The van der Waals surface area contributed by atoms with E-state index in [0.29, 0.717) is 0 Å². The van der Waals surface area contributed by atoms with Crippen LogP contribution < -0.4 is 10.6 Å². The number of carbonyl (C=O) groups excluding carboxylic acids is 1. The first-order valence-corrected chi connectivity index (χ1v) is 6.82. The molecule has 2 rings (SSSR count). The molecule has 0 unspecified atom stereocenters. The second-order valence-corrected chi connectivity index (χ2v) is 4.66. The second kappa shape index (κ2) is 7.51. The fraction of sp³-hybridized carbons (Fsp3) is 0.118. The minimum Gasteiger partial charge on any atom is -0.327 e. The number of alkyl halides is 3. The van der Waals surface area contributed by atoms with Crippen LogP contribution in [0.4, 0.5) is 28.0 Å². The standard InChI is InChI=1S/C17H12F4N2O/c18-15-6-2-1-4-12(15)5-3-11-22-16(24)23-14-9-7-13(8-10-14)17(19,20)21/h1-2,4,6-10H,11H2,(H2,22,23,24). The molecule has 0 aliphatic heterocycles. The zero-order chi connectivity index (χ0) is 17.6. The first kappa shape index (κ1) is 17.3. The van der Waals surface area contributed by atoms with Gasteiger partial charge in [0.15, 0.2) is 0 Å². The summed E-state index contributed by atoms with van der Waals surface area (Å²) >= 11 is 0. The third-order valence-electron chi connectivity index (χ3n) is 2.90. The van der Waals surface area contributed by atoms with Gasteiger partial charge in [0.05, 0.1) is 17.7 Å². The molecule has 0 saturated carbocycles. The normalized spacial score (nSPS) is 10.5. The predicted octanol–water partition coefficient (Wildman–Crippen LogP) is 4.02. The molecular weight excluding hydrogens is 324 g/mol. The third-order valence-corrected chi connectivity index (χ3v) is 2.90. The maximum absolute atomic E-state index is 13.3. The van der Waals surface area contributed by atoms with E-state index in [9.17, 15) is 22.4 Å². The zero-order valence-electron chi connectivity index (χ0n) is 12.2. The smallest absolute Gasteiger partial charge is 0.327 e. The summed E-state index contributed by atoms with van der Waals surface area (Å²) in [4.78, 5) is 11.6. The number of anilines is 1. The highest BCUT2D eigenvalue weighted by molar-refractivity contribution is 5.89. The molecule has 0 aliphatic carbocycles. The molecule has 0 aromatic heterocycles. The number of hydrogen-bond donors (Lipinski definition) is 2. The zero-order valence-corrected chi connectivity index (χ0v) is 12.2. The van der Waals surface area contributed by atoms with Gasteiger partial charge in [-0.3, -0.25) is 0 Å². The van der Waals surface area contributed by atoms with Crippen molar-refractivity contribution >= 4 is 11.7 Å². The summed E-state index contributed by atoms with van der Waals surface area (Å²) in [5, 5.41) is 4.77. The molecule has 0 heterocycles. The van der Waals surface area contributed by atoms with Crippen LogP contribution in [0.2, 0.25) is 0 Å². The number of carbonyl (C=O) groups is 1. The van der Waals surface area contributed by atoms with Crippen LogP contribution in [0.1, 0.15) is 11.1 Å². The monoisotopic (exact) mass is 336 g/mol. The molecule has 0 aliphatic rings. The molecule has 24 heavy (non-hydrogen) atoms. The Hall–Kier alpha value is -3.01. The highest BCUT2D eigenvalue weighted by Gasteiger charge is 2.29. The molecule has 0 spiro atoms. The van der Waals surface area contributed by atoms with Gasteiger partial charge < -0.3 is 10.6 Å². The highest BCUT2D eigenvalue weighted by atomic mass is 19.4. The number of amides is 2. The molecule has 0 radical (unpaired) electrons. The maximum atomic E-state index is 13.3. The van der Waals surface area contributed by atoms with Crippen molar-refractivity contribution in [1.29, 1.82) is 0 Å². The molecule has 0 atom stereocenters. The van der Waals surface area contributed by atoms with E-state index in [-0.39, 0.29) is 17.8 Å². The van der Waals surface area contributed by atoms with Crippen molar-refractivity contribution in [3.8, 4) is 11.8 Å². The Kier molecular flexibility index (Phi) is 5.42. The van der Waals surface area contributed by atoms with Gasteiger partial charge in [0.1, 0.15) is 5.82 Å². The summed E-state index contributed by atoms with van der Waals surface area (Å²) in [5.41, 5.74) is -0.380. The van der Waals surface area contributed by atoms with Gasteiger partial charge in [-0.05, 0) is 36.4 Å². The van der Waals surface area contributed by atoms with E-state index < -0.39 is 23.6 Å². The summed E-state index contributed by atoms with van der Waals surface area (Å²) in [6.07, 6.45) is -4.43. The number of nitrogens with one attached hydrogen (secondary N) is 2. The molecule has 3 nitrogen and oxygen atoms in total. The van der Waals surface area contributed by atoms with Gasteiger partial charge in [0.25, 0.3) is 0 Å². The van der Waals surface area contributed by atoms with Crippen molar-refractivity contribution in [2.45, 2.75) is 6.18 Å². The minimum atomic E-state index is -4.43. The molecule has 2 N–H and O–H groups in total. The van der Waals surface area contributed by atoms with E-state index >= 15 is 0 Å². The number of hydrogen-bond acceptors (Lipinski definition) is 1. The lowest BCUT2D eigenvalue weighted by Gasteiger charge is -2.08. The summed E-state index contributed by atoms with van der Waals surface area (Å²) in [5.74, 6) is 4.68. The van der Waals surface area contributed by atoms with E-state index in [0.717, 1.165) is 24.3 Å². The van der Waals surface area contributed by atoms with Gasteiger partial charge >= 0.3 is 12.2 Å². The fourth-order valence-electron chi connectivity index (χ4n) is 1.74. The van der Waals surface area contributed by atoms with E-state index in [1.54, 1.807) is 6.07 Å². The summed E-state index contributed by atoms with van der Waals surface area (Å²) < 4.78 is 50.5. The minimum absolute atomic E-state index is 0.0409. The number of urea groups is 1. The highest BCUT2D eigenvalue weighted by Crippen LogP contribution is 2.29. The summed E-state index contributed by atoms with van der Waals surface area (Å²) in [6.45, 7) is -0.0409. The molecule has 7 heteroatoms. The van der Waals surface area contributed by atoms with Crippen LogP contribution in [-0.4, -0.2) is 12.6 Å². The Morgan fingerprint density at radius 3 is 2.33 bits per heavy atom. The van der Waals surface area contributed by atoms with Crippen LogP contribution in [0.25, 0.3) is 0 Å². The van der Waals surface area contributed by atoms with Gasteiger partial charge in [0.2, 0.25) is 0 Å². The lowest BCUT2D eigenvalue weighted by Crippen LogP contribution is -2.28. The molecule has 0 fully saturated rings. The fourth-order valence-corrected chi connectivity index (χ4v) is 1.74. The topological polar surface area (TPSA) is 41.1 Å². The van der Waals surface area contributed by atoms with Crippen LogP contribution in [0.3, 0.4) is 0 Å². The summed E-state index contributed by atoms with van der Waals surface area (Å²) in [7, 11) is 0. The van der Waals surface area contributed by atoms with Crippen molar-refractivity contribution in [3.63, 3.8) is 0 Å². The van der Waals surface area contributed by atoms with Crippen molar-refractivity contribution < 1.29 is 22.4 Å². The van der Waals surface area contributed by atoms with Gasteiger partial charge in [0, 0.05) is 5.69 Å². The average molecular weight is 336 g/mol. The lowest BCUT2D eigenvalue weighted by molar-refractivity contribution is -0.137. The van der Waals surface area contributed by atoms with E-state index in [1.165, 1.54) is 18.2 Å². The van der Waals surface area contributed by atoms with Crippen LogP contribution in [0.15, 0.2) is 48.5 Å². The van der Waals surface area contributed by atoms with Gasteiger partial charge in [-0.25, -0.2) is 9.18 Å². The Morgan fingerprint density at radius 2 is 1.71 bits per heavy atom. The lowest BCUT2D eigenvalue weighted by atomic mass is 10.2. The van der Waals surface area contributed by atoms with Crippen molar-refractivity contribution in [2.24, 2.45) is 0 Å². The second-order valence-electron chi connectivity index (χ2n) is 4.66. The molecule has 2 amide bonds. The SMILES string of the molecule is O=C(NCC#Cc1ccccc1F)Nc1ccc(C(F)(F)F)cc1. The molecule has 2 aromatic rings. The largest absolute Gasteiger partial charge is 0.416 e. The number of benzene rings is 2. The Bertz CT molecular complexity index is 774. The van der Waals surface area contributed by atoms with E-state index in [2.05, 4.69) is 22.5 Å². The Labute approximate surface area is 135 Å². The van der Waals surface area contributed by atoms with Crippen molar-refractivity contribution in [3.05, 3.63) is 65.5 Å². The van der Waals surface area contributed by atoms with Crippen LogP contribution in [0.5, 0.6) is 0 Å². The number of halogens is 4. The maximum Gasteiger partial charge on any atom is 0.416 e. The Balaban J connectivity index is 1.85. The molecule has 124 valence electrons. The van der Waals surface area contributed by atoms with E-state index in [4.69, 9.17) is 0 Å². The number of rotatable bonds is 2. The van der Waals surface area contributed by atoms with Crippen molar-refractivity contribution in [1.82, 2.24) is 5.32 Å². The van der Waals surface area contributed by atoms with Crippen molar-refractivity contribution in [2.75, 3.05) is 11.9 Å². The molecule has 0 bridgehead atoms. The predicted molar refractivity (Wildman–Crippen MR) is 81.7 cm³/mol. The van der Waals surface area contributed by atoms with Crippen LogP contribution >= 0.6 is 0 Å². The molecule has 0 saturated heterocycles. The average Bonchev–Trinajstić information content (AvgIpc) is 2.53. The van der Waals surface area contributed by atoms with Crippen LogP contribution in [0, 0.1) is 17.7 Å². The molecular formula is C17H12F4N2O. The van der Waals surface area contributed by atoms with Gasteiger partial charge in [-0.1, -0.05) is 24.0 Å². The van der Waals surface area contributed by atoms with Crippen LogP contribution in [-0.2, 0) is 6.18 Å². The summed E-state index contributed by atoms with van der Waals surface area (Å²) in [6, 6.07) is 9.35. The quantitative estimate of drug-likeness (QED) is 0.631. The first-order valence-electron chi connectivity index (χ1n) is 6.82. The molecule has 2 aromatic carbocycles. The van der Waals surface area contributed by atoms with Gasteiger partial charge in [-0.2, -0.15) is 13.2 Å². The Morgan fingerprint density at radius 1 is 1.04 bits per heavy atom. The third kappa shape index (κ3) is 5.02. The van der Waals surface area contributed by atoms with Gasteiger partial charge in [-0.15, -0.1) is 0 Å².